The number of methoxy groups -OCH3 is 1. The Morgan fingerprint density at radius 2 is 2.04 bits per heavy atom. The minimum absolute atomic E-state index is 0.00941. The van der Waals surface area contributed by atoms with Crippen molar-refractivity contribution in [2.45, 2.75) is 31.2 Å². The zero-order valence-electron chi connectivity index (χ0n) is 12.7. The van der Waals surface area contributed by atoms with Crippen LogP contribution in [0.25, 0.3) is 0 Å². The number of carbonyl (C=O) groups is 1. The van der Waals surface area contributed by atoms with Gasteiger partial charge in [0.05, 0.1) is 25.4 Å². The van der Waals surface area contributed by atoms with E-state index in [-0.39, 0.29) is 17.8 Å². The summed E-state index contributed by atoms with van der Waals surface area (Å²) in [6.07, 6.45) is -3.13. The van der Waals surface area contributed by atoms with Crippen molar-refractivity contribution >= 4 is 5.91 Å². The SMILES string of the molecule is COCCOC1CN(C(=O)c2cc(C(F)(F)F)nn2C2CC2)C1. The number of rotatable bonds is 6. The molecule has 2 fully saturated rings. The van der Waals surface area contributed by atoms with E-state index >= 15 is 0 Å². The van der Waals surface area contributed by atoms with Crippen LogP contribution in [-0.4, -0.2) is 60.1 Å². The van der Waals surface area contributed by atoms with Crippen molar-refractivity contribution in [1.82, 2.24) is 14.7 Å². The minimum Gasteiger partial charge on any atom is -0.382 e. The van der Waals surface area contributed by atoms with Crippen molar-refractivity contribution in [3.63, 3.8) is 0 Å². The molecule has 0 unspecified atom stereocenters. The lowest BCUT2D eigenvalue weighted by Gasteiger charge is -2.38. The maximum absolute atomic E-state index is 12.8. The first-order chi connectivity index (χ1) is 10.9. The second-order valence-electron chi connectivity index (χ2n) is 5.78. The Morgan fingerprint density at radius 1 is 1.35 bits per heavy atom. The third-order valence-electron chi connectivity index (χ3n) is 3.91. The van der Waals surface area contributed by atoms with Crippen LogP contribution in [0.4, 0.5) is 13.2 Å². The van der Waals surface area contributed by atoms with Crippen molar-refractivity contribution in [3.05, 3.63) is 17.5 Å². The van der Waals surface area contributed by atoms with Gasteiger partial charge in [-0.2, -0.15) is 18.3 Å². The van der Waals surface area contributed by atoms with E-state index in [1.165, 1.54) is 9.58 Å². The Bertz CT molecular complexity index is 578. The fourth-order valence-electron chi connectivity index (χ4n) is 2.46. The molecule has 1 saturated heterocycles. The molecule has 1 amide bonds. The summed E-state index contributed by atoms with van der Waals surface area (Å²) in [6.45, 7) is 1.65. The van der Waals surface area contributed by atoms with Gasteiger partial charge in [0.15, 0.2) is 5.69 Å². The third kappa shape index (κ3) is 3.50. The van der Waals surface area contributed by atoms with Crippen molar-refractivity contribution < 1.29 is 27.4 Å². The first kappa shape index (κ1) is 16.3. The Balaban J connectivity index is 1.65. The maximum Gasteiger partial charge on any atom is 0.435 e. The van der Waals surface area contributed by atoms with Crippen LogP contribution in [0.3, 0.4) is 0 Å². The lowest BCUT2D eigenvalue weighted by molar-refractivity contribution is -0.141. The van der Waals surface area contributed by atoms with Crippen molar-refractivity contribution in [3.8, 4) is 0 Å². The van der Waals surface area contributed by atoms with Gasteiger partial charge in [0, 0.05) is 26.3 Å². The van der Waals surface area contributed by atoms with Crippen LogP contribution < -0.4 is 0 Å². The summed E-state index contributed by atoms with van der Waals surface area (Å²) >= 11 is 0. The normalized spacial score (nSPS) is 19.0. The number of nitrogens with zero attached hydrogens (tertiary/aromatic N) is 3. The molecule has 1 aliphatic carbocycles. The second kappa shape index (κ2) is 6.12. The Kier molecular flexibility index (Phi) is 4.33. The predicted octanol–water partition coefficient (Wildman–Crippen LogP) is 1.72. The molecule has 6 nitrogen and oxygen atoms in total. The van der Waals surface area contributed by atoms with Gasteiger partial charge < -0.3 is 14.4 Å². The topological polar surface area (TPSA) is 56.6 Å². The van der Waals surface area contributed by atoms with Gasteiger partial charge in [-0.05, 0) is 12.8 Å². The van der Waals surface area contributed by atoms with Crippen LogP contribution in [0.15, 0.2) is 6.07 Å². The summed E-state index contributed by atoms with van der Waals surface area (Å²) in [5, 5.41) is 3.58. The van der Waals surface area contributed by atoms with Crippen LogP contribution in [0.2, 0.25) is 0 Å². The minimum atomic E-state index is -4.55. The van der Waals surface area contributed by atoms with Crippen LogP contribution in [0, 0.1) is 0 Å². The molecule has 1 aromatic heterocycles. The highest BCUT2D eigenvalue weighted by Gasteiger charge is 2.41. The molecule has 1 aliphatic heterocycles. The summed E-state index contributed by atoms with van der Waals surface area (Å²) in [4.78, 5) is 13.9. The molecule has 0 bridgehead atoms. The molecule has 9 heteroatoms. The number of amides is 1. The molecule has 3 rings (SSSR count). The first-order valence-electron chi connectivity index (χ1n) is 7.46. The Hall–Kier alpha value is -1.61. The number of halogens is 3. The molecule has 1 saturated carbocycles. The van der Waals surface area contributed by atoms with Gasteiger partial charge in [-0.25, -0.2) is 0 Å². The quantitative estimate of drug-likeness (QED) is 0.744. The predicted molar refractivity (Wildman–Crippen MR) is 73.0 cm³/mol. The van der Waals surface area contributed by atoms with E-state index in [0.29, 0.717) is 26.3 Å². The number of likely N-dealkylation sites (tertiary alicyclic amines) is 1. The van der Waals surface area contributed by atoms with E-state index in [4.69, 9.17) is 9.47 Å². The Morgan fingerprint density at radius 3 is 2.61 bits per heavy atom. The molecule has 0 atom stereocenters. The maximum atomic E-state index is 12.8. The van der Waals surface area contributed by atoms with Gasteiger partial charge in [-0.1, -0.05) is 0 Å². The van der Waals surface area contributed by atoms with Gasteiger partial charge in [-0.3, -0.25) is 9.48 Å². The molecule has 1 aromatic rings. The highest BCUT2D eigenvalue weighted by molar-refractivity contribution is 5.93. The molecule has 0 N–H and O–H groups in total. The lowest BCUT2D eigenvalue weighted by atomic mass is 10.1. The summed E-state index contributed by atoms with van der Waals surface area (Å²) < 4.78 is 50.0. The lowest BCUT2D eigenvalue weighted by Crippen LogP contribution is -2.55. The van der Waals surface area contributed by atoms with E-state index in [0.717, 1.165) is 18.9 Å². The standard InChI is InChI=1S/C14H18F3N3O3/c1-22-4-5-23-10-7-19(8-10)13(21)11-6-12(14(15,16)17)18-20(11)9-2-3-9/h6,9-10H,2-5,7-8H2,1H3. The molecule has 2 heterocycles. The zero-order chi connectivity index (χ0) is 16.6. The van der Waals surface area contributed by atoms with Gasteiger partial charge in [-0.15, -0.1) is 0 Å². The number of hydrogen-bond donors (Lipinski definition) is 0. The molecule has 0 radical (unpaired) electrons. The van der Waals surface area contributed by atoms with Gasteiger partial charge >= 0.3 is 6.18 Å². The number of hydrogen-bond acceptors (Lipinski definition) is 4. The second-order valence-corrected chi connectivity index (χ2v) is 5.78. The van der Waals surface area contributed by atoms with Gasteiger partial charge in [0.1, 0.15) is 5.69 Å². The van der Waals surface area contributed by atoms with E-state index in [1.54, 1.807) is 7.11 Å². The monoisotopic (exact) mass is 333 g/mol. The summed E-state index contributed by atoms with van der Waals surface area (Å²) in [6, 6.07) is 0.750. The number of alkyl halides is 3. The molecule has 2 aliphatic rings. The number of aromatic nitrogens is 2. The van der Waals surface area contributed by atoms with E-state index < -0.39 is 17.8 Å². The smallest absolute Gasteiger partial charge is 0.382 e. The first-order valence-corrected chi connectivity index (χ1v) is 7.46. The van der Waals surface area contributed by atoms with Gasteiger partial charge in [0.25, 0.3) is 5.91 Å². The largest absolute Gasteiger partial charge is 0.435 e. The number of ether oxygens (including phenoxy) is 2. The summed E-state index contributed by atoms with van der Waals surface area (Å²) in [5.74, 6) is -0.425. The van der Waals surface area contributed by atoms with Gasteiger partial charge in [0.2, 0.25) is 0 Å². The molecule has 128 valence electrons. The van der Waals surface area contributed by atoms with E-state index in [1.807, 2.05) is 0 Å². The summed E-state index contributed by atoms with van der Waals surface area (Å²) in [7, 11) is 1.57. The average molecular weight is 333 g/mol. The highest BCUT2D eigenvalue weighted by atomic mass is 19.4. The van der Waals surface area contributed by atoms with Crippen molar-refractivity contribution in [1.29, 1.82) is 0 Å². The average Bonchev–Trinajstić information content (AvgIpc) is 3.17. The fraction of sp³-hybridized carbons (Fsp3) is 0.714. The van der Waals surface area contributed by atoms with Crippen molar-refractivity contribution in [2.24, 2.45) is 0 Å². The van der Waals surface area contributed by atoms with E-state index in [2.05, 4.69) is 5.10 Å². The highest BCUT2D eigenvalue weighted by Crippen LogP contribution is 2.38. The molecular weight excluding hydrogens is 315 g/mol. The third-order valence-corrected chi connectivity index (χ3v) is 3.91. The van der Waals surface area contributed by atoms with Crippen molar-refractivity contribution in [2.75, 3.05) is 33.4 Å². The zero-order valence-corrected chi connectivity index (χ0v) is 12.7. The number of carbonyl (C=O) groups excluding carboxylic acids is 1. The van der Waals surface area contributed by atoms with Crippen LogP contribution in [0.5, 0.6) is 0 Å². The van der Waals surface area contributed by atoms with Crippen LogP contribution >= 0.6 is 0 Å². The van der Waals surface area contributed by atoms with E-state index in [9.17, 15) is 18.0 Å². The molecule has 0 spiro atoms. The Labute approximate surface area is 131 Å². The summed E-state index contributed by atoms with van der Waals surface area (Å²) in [5.41, 5.74) is -1.00. The molecular formula is C14H18F3N3O3. The fourth-order valence-corrected chi connectivity index (χ4v) is 2.46. The van der Waals surface area contributed by atoms with Crippen LogP contribution in [0.1, 0.15) is 35.1 Å². The molecule has 23 heavy (non-hydrogen) atoms. The molecule has 0 aromatic carbocycles. The van der Waals surface area contributed by atoms with Crippen LogP contribution in [-0.2, 0) is 15.7 Å².